The van der Waals surface area contributed by atoms with Crippen molar-refractivity contribution in [2.45, 2.75) is 6.42 Å². The standard InChI is InChI=1S/C13H12N4O2/c18-13(15-7-5-11-16-8-19-17-11)10-3-1-2-9-4-6-14-12(9)10/h1-4,6,8,14H,5,7H2,(H,15,18). The molecule has 0 unspecified atom stereocenters. The molecule has 0 atom stereocenters. The molecule has 19 heavy (non-hydrogen) atoms. The van der Waals surface area contributed by atoms with Crippen LogP contribution in [-0.2, 0) is 6.42 Å². The Bertz CT molecular complexity index is 688. The van der Waals surface area contributed by atoms with Gasteiger partial charge in [0.05, 0.1) is 11.1 Å². The third-order valence-electron chi connectivity index (χ3n) is 2.87. The van der Waals surface area contributed by atoms with E-state index in [0.29, 0.717) is 24.4 Å². The van der Waals surface area contributed by atoms with Gasteiger partial charge in [-0.25, -0.2) is 0 Å². The van der Waals surface area contributed by atoms with Crippen LogP contribution in [0.3, 0.4) is 0 Å². The lowest BCUT2D eigenvalue weighted by Gasteiger charge is -2.04. The largest absolute Gasteiger partial charge is 0.361 e. The third kappa shape index (κ3) is 2.33. The van der Waals surface area contributed by atoms with E-state index in [9.17, 15) is 4.79 Å². The number of amides is 1. The highest BCUT2D eigenvalue weighted by molar-refractivity contribution is 6.05. The number of aromatic amines is 1. The highest BCUT2D eigenvalue weighted by Crippen LogP contribution is 2.16. The Morgan fingerprint density at radius 2 is 2.32 bits per heavy atom. The molecule has 0 fully saturated rings. The van der Waals surface area contributed by atoms with E-state index in [1.54, 1.807) is 6.07 Å². The number of hydrogen-bond acceptors (Lipinski definition) is 4. The van der Waals surface area contributed by atoms with Crippen LogP contribution in [0, 0.1) is 0 Å². The number of rotatable bonds is 4. The normalized spacial score (nSPS) is 10.7. The lowest BCUT2D eigenvalue weighted by molar-refractivity contribution is 0.0955. The second-order valence-corrected chi connectivity index (χ2v) is 4.10. The van der Waals surface area contributed by atoms with Crippen LogP contribution in [0.5, 0.6) is 0 Å². The minimum atomic E-state index is -0.114. The number of para-hydroxylation sites is 1. The van der Waals surface area contributed by atoms with Gasteiger partial charge in [0, 0.05) is 24.5 Å². The predicted octanol–water partition coefficient (Wildman–Crippen LogP) is 1.52. The molecule has 0 radical (unpaired) electrons. The first-order valence-corrected chi connectivity index (χ1v) is 5.94. The number of fused-ring (bicyclic) bond motifs is 1. The Labute approximate surface area is 108 Å². The quantitative estimate of drug-likeness (QED) is 0.741. The number of H-pyrrole nitrogens is 1. The maximum absolute atomic E-state index is 12.1. The van der Waals surface area contributed by atoms with Crippen molar-refractivity contribution in [2.75, 3.05) is 6.54 Å². The zero-order valence-electron chi connectivity index (χ0n) is 10.1. The second kappa shape index (κ2) is 4.93. The summed E-state index contributed by atoms with van der Waals surface area (Å²) >= 11 is 0. The van der Waals surface area contributed by atoms with Gasteiger partial charge in [-0.05, 0) is 12.1 Å². The molecule has 3 rings (SSSR count). The van der Waals surface area contributed by atoms with Crippen LogP contribution >= 0.6 is 0 Å². The Morgan fingerprint density at radius 1 is 1.37 bits per heavy atom. The zero-order chi connectivity index (χ0) is 13.1. The van der Waals surface area contributed by atoms with Gasteiger partial charge in [-0.3, -0.25) is 4.79 Å². The molecule has 2 N–H and O–H groups in total. The van der Waals surface area contributed by atoms with Crippen LogP contribution in [-0.4, -0.2) is 27.6 Å². The maximum Gasteiger partial charge on any atom is 0.253 e. The van der Waals surface area contributed by atoms with Crippen LogP contribution < -0.4 is 5.32 Å². The van der Waals surface area contributed by atoms with Gasteiger partial charge < -0.3 is 14.8 Å². The Balaban J connectivity index is 1.68. The van der Waals surface area contributed by atoms with Crippen molar-refractivity contribution in [2.24, 2.45) is 0 Å². The number of benzene rings is 1. The molecular weight excluding hydrogens is 244 g/mol. The van der Waals surface area contributed by atoms with Gasteiger partial charge in [0.1, 0.15) is 0 Å². The van der Waals surface area contributed by atoms with E-state index in [4.69, 9.17) is 0 Å². The molecule has 6 nitrogen and oxygen atoms in total. The molecule has 1 amide bonds. The highest BCUT2D eigenvalue weighted by atomic mass is 16.5. The Hall–Kier alpha value is -2.63. The van der Waals surface area contributed by atoms with E-state index in [-0.39, 0.29) is 5.91 Å². The molecule has 0 saturated carbocycles. The first kappa shape index (κ1) is 11.5. The number of carbonyl (C=O) groups excluding carboxylic acids is 1. The van der Waals surface area contributed by atoms with E-state index in [1.807, 2.05) is 24.4 Å². The van der Waals surface area contributed by atoms with Crippen molar-refractivity contribution in [3.05, 3.63) is 48.2 Å². The average Bonchev–Trinajstić information content (AvgIpc) is 3.08. The maximum atomic E-state index is 12.1. The first-order chi connectivity index (χ1) is 9.34. The van der Waals surface area contributed by atoms with Gasteiger partial charge in [0.15, 0.2) is 5.82 Å². The molecule has 0 aliphatic heterocycles. The minimum Gasteiger partial charge on any atom is -0.361 e. The molecule has 3 aromatic rings. The summed E-state index contributed by atoms with van der Waals surface area (Å²) in [6.45, 7) is 0.468. The van der Waals surface area contributed by atoms with Crippen molar-refractivity contribution >= 4 is 16.8 Å². The summed E-state index contributed by atoms with van der Waals surface area (Å²) in [5, 5.41) is 7.54. The van der Waals surface area contributed by atoms with Crippen molar-refractivity contribution in [3.63, 3.8) is 0 Å². The molecule has 6 heteroatoms. The Kier molecular flexibility index (Phi) is 2.97. The van der Waals surface area contributed by atoms with E-state index in [2.05, 4.69) is 25.0 Å². The van der Waals surface area contributed by atoms with Crippen molar-refractivity contribution < 1.29 is 9.32 Å². The lowest BCUT2D eigenvalue weighted by Crippen LogP contribution is -2.26. The van der Waals surface area contributed by atoms with Gasteiger partial charge in [-0.15, -0.1) is 0 Å². The van der Waals surface area contributed by atoms with Crippen molar-refractivity contribution in [1.82, 2.24) is 20.4 Å². The fraction of sp³-hybridized carbons (Fsp3) is 0.154. The van der Waals surface area contributed by atoms with Crippen LogP contribution in [0.25, 0.3) is 10.9 Å². The zero-order valence-corrected chi connectivity index (χ0v) is 10.1. The van der Waals surface area contributed by atoms with E-state index in [1.165, 1.54) is 6.39 Å². The van der Waals surface area contributed by atoms with Crippen LogP contribution in [0.1, 0.15) is 16.2 Å². The average molecular weight is 256 g/mol. The van der Waals surface area contributed by atoms with Gasteiger partial charge in [0.2, 0.25) is 6.39 Å². The molecule has 0 bridgehead atoms. The molecule has 1 aromatic carbocycles. The van der Waals surface area contributed by atoms with Gasteiger partial charge in [-0.1, -0.05) is 17.3 Å². The highest BCUT2D eigenvalue weighted by Gasteiger charge is 2.10. The number of hydrogen-bond donors (Lipinski definition) is 2. The summed E-state index contributed by atoms with van der Waals surface area (Å²) in [6.07, 6.45) is 3.64. The molecule has 2 aromatic heterocycles. The molecule has 0 spiro atoms. The summed E-state index contributed by atoms with van der Waals surface area (Å²) in [6, 6.07) is 7.56. The lowest BCUT2D eigenvalue weighted by atomic mass is 10.1. The summed E-state index contributed by atoms with van der Waals surface area (Å²) < 4.78 is 4.63. The molecule has 96 valence electrons. The molecule has 2 heterocycles. The summed E-state index contributed by atoms with van der Waals surface area (Å²) in [4.78, 5) is 19.1. The molecular formula is C13H12N4O2. The van der Waals surface area contributed by atoms with E-state index < -0.39 is 0 Å². The third-order valence-corrected chi connectivity index (χ3v) is 2.87. The Morgan fingerprint density at radius 3 is 3.16 bits per heavy atom. The topological polar surface area (TPSA) is 83.8 Å². The summed E-state index contributed by atoms with van der Waals surface area (Å²) in [5.41, 5.74) is 1.48. The number of aromatic nitrogens is 3. The predicted molar refractivity (Wildman–Crippen MR) is 68.6 cm³/mol. The fourth-order valence-electron chi connectivity index (χ4n) is 1.96. The van der Waals surface area contributed by atoms with E-state index >= 15 is 0 Å². The molecule has 0 aliphatic carbocycles. The fourth-order valence-corrected chi connectivity index (χ4v) is 1.96. The van der Waals surface area contributed by atoms with Gasteiger partial charge in [0.25, 0.3) is 5.91 Å². The van der Waals surface area contributed by atoms with Crippen LogP contribution in [0.2, 0.25) is 0 Å². The first-order valence-electron chi connectivity index (χ1n) is 5.94. The minimum absolute atomic E-state index is 0.114. The number of nitrogens with zero attached hydrogens (tertiary/aromatic N) is 2. The van der Waals surface area contributed by atoms with Crippen LogP contribution in [0.4, 0.5) is 0 Å². The van der Waals surface area contributed by atoms with Gasteiger partial charge in [-0.2, -0.15) is 4.98 Å². The molecule has 0 aliphatic rings. The molecule has 0 saturated heterocycles. The van der Waals surface area contributed by atoms with Crippen molar-refractivity contribution in [1.29, 1.82) is 0 Å². The smallest absolute Gasteiger partial charge is 0.253 e. The monoisotopic (exact) mass is 256 g/mol. The van der Waals surface area contributed by atoms with Crippen LogP contribution in [0.15, 0.2) is 41.4 Å². The van der Waals surface area contributed by atoms with Gasteiger partial charge >= 0.3 is 0 Å². The number of nitrogens with one attached hydrogen (secondary N) is 2. The second-order valence-electron chi connectivity index (χ2n) is 4.10. The summed E-state index contributed by atoms with van der Waals surface area (Å²) in [7, 11) is 0. The van der Waals surface area contributed by atoms with Crippen molar-refractivity contribution in [3.8, 4) is 0 Å². The SMILES string of the molecule is O=C(NCCc1ncon1)c1cccc2cc[nH]c12. The van der Waals surface area contributed by atoms with E-state index in [0.717, 1.165) is 10.9 Å². The number of carbonyl (C=O) groups is 1. The summed E-state index contributed by atoms with van der Waals surface area (Å²) in [5.74, 6) is 0.468.